The Morgan fingerprint density at radius 2 is 2.29 bits per heavy atom. The number of hydrogen-bond acceptors (Lipinski definition) is 4. The maximum absolute atomic E-state index is 11.8. The molecule has 0 bridgehead atoms. The summed E-state index contributed by atoms with van der Waals surface area (Å²) in [5.74, 6) is -0.116. The van der Waals surface area contributed by atoms with E-state index in [2.05, 4.69) is 25.8 Å². The minimum Gasteiger partial charge on any atom is -0.351 e. The number of nitrogens with zero attached hydrogens (tertiary/aromatic N) is 2. The van der Waals surface area contributed by atoms with Crippen LogP contribution < -0.4 is 10.6 Å². The van der Waals surface area contributed by atoms with E-state index >= 15 is 0 Å². The van der Waals surface area contributed by atoms with E-state index in [1.165, 1.54) is 6.20 Å². The Labute approximate surface area is 98.8 Å². The summed E-state index contributed by atoms with van der Waals surface area (Å²) in [4.78, 5) is 15.9. The molecule has 0 aliphatic heterocycles. The number of H-pyrrole nitrogens is 1. The van der Waals surface area contributed by atoms with Gasteiger partial charge >= 0.3 is 0 Å². The third-order valence-corrected chi connectivity index (χ3v) is 2.52. The van der Waals surface area contributed by atoms with Crippen LogP contribution in [0.4, 0.5) is 0 Å². The van der Waals surface area contributed by atoms with Gasteiger partial charge in [0.15, 0.2) is 5.65 Å². The fraction of sp³-hybridized carbons (Fsp3) is 0.364. The van der Waals surface area contributed by atoms with E-state index in [-0.39, 0.29) is 5.91 Å². The highest BCUT2D eigenvalue weighted by Gasteiger charge is 2.09. The molecule has 0 radical (unpaired) electrons. The smallest absolute Gasteiger partial charge is 0.252 e. The molecule has 2 aromatic heterocycles. The van der Waals surface area contributed by atoms with Gasteiger partial charge in [0.2, 0.25) is 0 Å². The Morgan fingerprint density at radius 3 is 3.06 bits per heavy atom. The Morgan fingerprint density at radius 1 is 1.47 bits per heavy atom. The number of likely N-dealkylation sites (N-methyl/N-ethyl adjacent to an activating group) is 1. The van der Waals surface area contributed by atoms with E-state index in [1.807, 2.05) is 14.0 Å². The molecule has 2 aromatic rings. The molecule has 6 heteroatoms. The van der Waals surface area contributed by atoms with E-state index in [0.29, 0.717) is 17.8 Å². The number of fused-ring (bicyclic) bond motifs is 1. The first-order valence-corrected chi connectivity index (χ1v) is 5.46. The van der Waals surface area contributed by atoms with E-state index in [4.69, 9.17) is 0 Å². The number of aryl methyl sites for hydroxylation is 1. The predicted molar refractivity (Wildman–Crippen MR) is 64.9 cm³/mol. The van der Waals surface area contributed by atoms with Crippen LogP contribution in [0.3, 0.4) is 0 Å². The molecular formula is C11H15N5O. The van der Waals surface area contributed by atoms with Crippen LogP contribution in [0.15, 0.2) is 12.3 Å². The van der Waals surface area contributed by atoms with Crippen LogP contribution in [0.25, 0.3) is 11.0 Å². The second-order valence-corrected chi connectivity index (χ2v) is 3.80. The lowest BCUT2D eigenvalue weighted by Crippen LogP contribution is -2.30. The molecule has 90 valence electrons. The zero-order valence-electron chi connectivity index (χ0n) is 9.87. The minimum absolute atomic E-state index is 0.116. The third kappa shape index (κ3) is 2.42. The van der Waals surface area contributed by atoms with Crippen LogP contribution in [0.5, 0.6) is 0 Å². The molecule has 2 heterocycles. The molecule has 0 aromatic carbocycles. The normalized spacial score (nSPS) is 10.7. The Bertz CT molecular complexity index is 534. The van der Waals surface area contributed by atoms with Crippen molar-refractivity contribution in [2.24, 2.45) is 0 Å². The second kappa shape index (κ2) is 4.92. The van der Waals surface area contributed by atoms with Crippen LogP contribution >= 0.6 is 0 Å². The fourth-order valence-electron chi connectivity index (χ4n) is 1.55. The average Bonchev–Trinajstić information content (AvgIpc) is 2.71. The molecule has 6 nitrogen and oxygen atoms in total. The summed E-state index contributed by atoms with van der Waals surface area (Å²) >= 11 is 0. The maximum Gasteiger partial charge on any atom is 0.252 e. The standard InChI is InChI=1S/C11H15N5O/c1-7-9-5-8(6-14-10(9)16-15-7)11(17)13-4-3-12-2/h5-6,12H,3-4H2,1-2H3,(H,13,17)(H,14,15,16). The fourth-order valence-corrected chi connectivity index (χ4v) is 1.55. The molecule has 0 aliphatic rings. The summed E-state index contributed by atoms with van der Waals surface area (Å²) in [6, 6.07) is 1.80. The third-order valence-electron chi connectivity index (χ3n) is 2.52. The number of aromatic amines is 1. The van der Waals surface area contributed by atoms with Gasteiger partial charge in [-0.25, -0.2) is 4.98 Å². The molecule has 1 amide bonds. The number of aromatic nitrogens is 3. The topological polar surface area (TPSA) is 82.7 Å². The van der Waals surface area contributed by atoms with Gasteiger partial charge in [-0.2, -0.15) is 5.10 Å². The van der Waals surface area contributed by atoms with E-state index in [9.17, 15) is 4.79 Å². The molecule has 0 spiro atoms. The molecule has 0 unspecified atom stereocenters. The molecule has 2 rings (SSSR count). The molecule has 0 fully saturated rings. The number of carbonyl (C=O) groups is 1. The highest BCUT2D eigenvalue weighted by Crippen LogP contribution is 2.14. The van der Waals surface area contributed by atoms with Gasteiger partial charge in [-0.05, 0) is 20.0 Å². The van der Waals surface area contributed by atoms with Crippen molar-refractivity contribution in [2.45, 2.75) is 6.92 Å². The van der Waals surface area contributed by atoms with Crippen LogP contribution in [-0.4, -0.2) is 41.2 Å². The van der Waals surface area contributed by atoms with Crippen molar-refractivity contribution in [3.8, 4) is 0 Å². The highest BCUT2D eigenvalue weighted by atomic mass is 16.1. The zero-order valence-corrected chi connectivity index (χ0v) is 9.87. The van der Waals surface area contributed by atoms with Crippen molar-refractivity contribution in [1.82, 2.24) is 25.8 Å². The molecule has 0 aliphatic carbocycles. The first-order valence-electron chi connectivity index (χ1n) is 5.46. The highest BCUT2D eigenvalue weighted by molar-refractivity contribution is 5.97. The van der Waals surface area contributed by atoms with Crippen LogP contribution in [0.1, 0.15) is 16.1 Å². The summed E-state index contributed by atoms with van der Waals surface area (Å²) in [6.07, 6.45) is 1.54. The Hall–Kier alpha value is -1.95. The molecule has 0 atom stereocenters. The van der Waals surface area contributed by atoms with Crippen LogP contribution in [0.2, 0.25) is 0 Å². The maximum atomic E-state index is 11.8. The number of nitrogens with one attached hydrogen (secondary N) is 3. The first-order chi connectivity index (χ1) is 8.22. The lowest BCUT2D eigenvalue weighted by atomic mass is 10.2. The van der Waals surface area contributed by atoms with Gasteiger partial charge in [0.25, 0.3) is 5.91 Å². The summed E-state index contributed by atoms with van der Waals surface area (Å²) in [6.45, 7) is 3.24. The number of rotatable bonds is 4. The number of carbonyl (C=O) groups excluding carboxylic acids is 1. The van der Waals surface area contributed by atoms with Gasteiger partial charge in [-0.3, -0.25) is 9.89 Å². The lowest BCUT2D eigenvalue weighted by molar-refractivity contribution is 0.0954. The van der Waals surface area contributed by atoms with Gasteiger partial charge in [0.05, 0.1) is 5.56 Å². The number of amides is 1. The molecule has 3 N–H and O–H groups in total. The first kappa shape index (κ1) is 11.5. The monoisotopic (exact) mass is 233 g/mol. The summed E-state index contributed by atoms with van der Waals surface area (Å²) in [5, 5.41) is 13.5. The molecular weight excluding hydrogens is 218 g/mol. The SMILES string of the molecule is CNCCNC(=O)c1cnc2n[nH]c(C)c2c1. The van der Waals surface area contributed by atoms with Crippen molar-refractivity contribution >= 4 is 16.9 Å². The Kier molecular flexibility index (Phi) is 3.34. The van der Waals surface area contributed by atoms with Crippen molar-refractivity contribution in [3.05, 3.63) is 23.5 Å². The van der Waals surface area contributed by atoms with Crippen molar-refractivity contribution in [2.75, 3.05) is 20.1 Å². The van der Waals surface area contributed by atoms with Gasteiger partial charge < -0.3 is 10.6 Å². The van der Waals surface area contributed by atoms with Crippen LogP contribution in [-0.2, 0) is 0 Å². The second-order valence-electron chi connectivity index (χ2n) is 3.80. The quantitative estimate of drug-likeness (QED) is 0.659. The number of pyridine rings is 1. The van der Waals surface area contributed by atoms with E-state index < -0.39 is 0 Å². The van der Waals surface area contributed by atoms with E-state index in [1.54, 1.807) is 6.07 Å². The van der Waals surface area contributed by atoms with Gasteiger partial charge in [-0.15, -0.1) is 0 Å². The summed E-state index contributed by atoms with van der Waals surface area (Å²) in [5.41, 5.74) is 2.10. The lowest BCUT2D eigenvalue weighted by Gasteiger charge is -2.04. The molecule has 17 heavy (non-hydrogen) atoms. The van der Waals surface area contributed by atoms with Gasteiger partial charge in [0, 0.05) is 30.4 Å². The van der Waals surface area contributed by atoms with Crippen molar-refractivity contribution in [1.29, 1.82) is 0 Å². The largest absolute Gasteiger partial charge is 0.351 e. The predicted octanol–water partition coefficient (Wildman–Crippen LogP) is 0.216. The Balaban J connectivity index is 2.17. The van der Waals surface area contributed by atoms with Crippen LogP contribution in [0, 0.1) is 6.92 Å². The van der Waals surface area contributed by atoms with Gasteiger partial charge in [-0.1, -0.05) is 0 Å². The van der Waals surface area contributed by atoms with E-state index in [0.717, 1.165) is 17.6 Å². The number of hydrogen-bond donors (Lipinski definition) is 3. The average molecular weight is 233 g/mol. The summed E-state index contributed by atoms with van der Waals surface area (Å²) < 4.78 is 0. The van der Waals surface area contributed by atoms with Crippen molar-refractivity contribution in [3.63, 3.8) is 0 Å². The zero-order chi connectivity index (χ0) is 12.3. The molecule has 0 saturated carbocycles. The summed E-state index contributed by atoms with van der Waals surface area (Å²) in [7, 11) is 1.84. The van der Waals surface area contributed by atoms with Crippen molar-refractivity contribution < 1.29 is 4.79 Å². The molecule has 0 saturated heterocycles. The van der Waals surface area contributed by atoms with Gasteiger partial charge in [0.1, 0.15) is 0 Å². The minimum atomic E-state index is -0.116.